The van der Waals surface area contributed by atoms with Crippen molar-refractivity contribution >= 4 is 5.91 Å². The molecule has 0 saturated carbocycles. The Morgan fingerprint density at radius 2 is 2.14 bits per heavy atom. The van der Waals surface area contributed by atoms with E-state index in [1.807, 2.05) is 24.3 Å². The van der Waals surface area contributed by atoms with Crippen molar-refractivity contribution in [1.82, 2.24) is 10.3 Å². The van der Waals surface area contributed by atoms with Crippen molar-refractivity contribution in [3.63, 3.8) is 0 Å². The van der Waals surface area contributed by atoms with Crippen molar-refractivity contribution in [3.8, 4) is 11.8 Å². The molecule has 0 aliphatic heterocycles. The number of aliphatic hydroxyl groups excluding tert-OH is 1. The van der Waals surface area contributed by atoms with Gasteiger partial charge in [0.15, 0.2) is 5.89 Å². The molecule has 0 bridgehead atoms. The first-order chi connectivity index (χ1) is 10.1. The third-order valence-electron chi connectivity index (χ3n) is 2.87. The monoisotopic (exact) mass is 284 g/mol. The van der Waals surface area contributed by atoms with Crippen LogP contribution in [-0.2, 0) is 6.54 Å². The molecule has 1 aromatic carbocycles. The van der Waals surface area contributed by atoms with Gasteiger partial charge in [-0.1, -0.05) is 30.0 Å². The van der Waals surface area contributed by atoms with Crippen molar-refractivity contribution in [3.05, 3.63) is 52.7 Å². The summed E-state index contributed by atoms with van der Waals surface area (Å²) >= 11 is 0. The zero-order valence-electron chi connectivity index (χ0n) is 11.9. The fraction of sp³-hybridized carbons (Fsp3) is 0.250. The molecule has 1 aromatic heterocycles. The van der Waals surface area contributed by atoms with Gasteiger partial charge in [-0.25, -0.2) is 4.98 Å². The standard InChI is InChI=1S/C16H16N2O3/c1-11-15(21-12(2)18-11)16(20)17-10-14-7-4-3-6-13(14)8-5-9-19/h3-4,6-7,19H,9-10H2,1-2H3,(H,17,20). The van der Waals surface area contributed by atoms with Crippen LogP contribution in [0.4, 0.5) is 0 Å². The third-order valence-corrected chi connectivity index (χ3v) is 2.87. The summed E-state index contributed by atoms with van der Waals surface area (Å²) in [4.78, 5) is 16.1. The lowest BCUT2D eigenvalue weighted by Crippen LogP contribution is -2.23. The van der Waals surface area contributed by atoms with E-state index < -0.39 is 0 Å². The summed E-state index contributed by atoms with van der Waals surface area (Å²) in [6, 6.07) is 7.44. The summed E-state index contributed by atoms with van der Waals surface area (Å²) in [5.41, 5.74) is 2.22. The lowest BCUT2D eigenvalue weighted by atomic mass is 10.1. The first kappa shape index (κ1) is 14.8. The van der Waals surface area contributed by atoms with Crippen LogP contribution >= 0.6 is 0 Å². The highest BCUT2D eigenvalue weighted by molar-refractivity contribution is 5.92. The Hall–Kier alpha value is -2.58. The number of carbonyl (C=O) groups is 1. The number of aliphatic hydroxyl groups is 1. The number of oxazole rings is 1. The summed E-state index contributed by atoms with van der Waals surface area (Å²) in [5, 5.41) is 11.5. The minimum atomic E-state index is -0.307. The first-order valence-corrected chi connectivity index (χ1v) is 6.51. The highest BCUT2D eigenvalue weighted by atomic mass is 16.4. The van der Waals surface area contributed by atoms with E-state index in [1.165, 1.54) is 0 Å². The number of aromatic nitrogens is 1. The Bertz CT molecular complexity index is 708. The maximum absolute atomic E-state index is 12.1. The number of hydrogen-bond acceptors (Lipinski definition) is 4. The molecule has 0 atom stereocenters. The van der Waals surface area contributed by atoms with Gasteiger partial charge in [-0.05, 0) is 18.6 Å². The number of nitrogens with zero attached hydrogens (tertiary/aromatic N) is 1. The Balaban J connectivity index is 2.10. The van der Waals surface area contributed by atoms with E-state index in [0.717, 1.165) is 11.1 Å². The molecule has 5 nitrogen and oxygen atoms in total. The molecule has 2 N–H and O–H groups in total. The second-order valence-corrected chi connectivity index (χ2v) is 4.45. The fourth-order valence-corrected chi connectivity index (χ4v) is 1.93. The Morgan fingerprint density at radius 1 is 1.38 bits per heavy atom. The SMILES string of the molecule is Cc1nc(C)c(C(=O)NCc2ccccc2C#CCO)o1. The Labute approximate surface area is 123 Å². The molecule has 2 aromatic rings. The van der Waals surface area contributed by atoms with Gasteiger partial charge in [0.1, 0.15) is 6.61 Å². The molecule has 21 heavy (non-hydrogen) atoms. The van der Waals surface area contributed by atoms with E-state index in [9.17, 15) is 4.79 Å². The normalized spacial score (nSPS) is 9.86. The van der Waals surface area contributed by atoms with Crippen LogP contribution in [0.25, 0.3) is 0 Å². The van der Waals surface area contributed by atoms with E-state index in [4.69, 9.17) is 9.52 Å². The molecule has 1 amide bonds. The first-order valence-electron chi connectivity index (χ1n) is 6.51. The van der Waals surface area contributed by atoms with Crippen LogP contribution in [0.2, 0.25) is 0 Å². The average molecular weight is 284 g/mol. The summed E-state index contributed by atoms with van der Waals surface area (Å²) < 4.78 is 5.28. The third kappa shape index (κ3) is 3.71. The van der Waals surface area contributed by atoms with Crippen LogP contribution in [0.15, 0.2) is 28.7 Å². The summed E-state index contributed by atoms with van der Waals surface area (Å²) in [6.45, 7) is 3.56. The van der Waals surface area contributed by atoms with Gasteiger partial charge in [-0.2, -0.15) is 0 Å². The van der Waals surface area contributed by atoms with E-state index in [-0.39, 0.29) is 18.3 Å². The molecule has 0 unspecified atom stereocenters. The number of carbonyl (C=O) groups excluding carboxylic acids is 1. The highest BCUT2D eigenvalue weighted by Crippen LogP contribution is 2.11. The lowest BCUT2D eigenvalue weighted by molar-refractivity contribution is 0.0921. The average Bonchev–Trinajstić information content (AvgIpc) is 2.82. The fourth-order valence-electron chi connectivity index (χ4n) is 1.93. The van der Waals surface area contributed by atoms with E-state index >= 15 is 0 Å². The number of rotatable bonds is 3. The zero-order valence-corrected chi connectivity index (χ0v) is 11.9. The second kappa shape index (κ2) is 6.73. The maximum atomic E-state index is 12.1. The summed E-state index contributed by atoms with van der Waals surface area (Å²) in [6.07, 6.45) is 0. The molecule has 0 aliphatic carbocycles. The zero-order chi connectivity index (χ0) is 15.2. The van der Waals surface area contributed by atoms with E-state index in [1.54, 1.807) is 13.8 Å². The van der Waals surface area contributed by atoms with Gasteiger partial charge < -0.3 is 14.8 Å². The van der Waals surface area contributed by atoms with Crippen LogP contribution in [0.3, 0.4) is 0 Å². The molecular formula is C16H16N2O3. The molecule has 0 fully saturated rings. The van der Waals surface area contributed by atoms with Crippen molar-refractivity contribution in [2.75, 3.05) is 6.61 Å². The van der Waals surface area contributed by atoms with Gasteiger partial charge in [0.2, 0.25) is 5.76 Å². The Kier molecular flexibility index (Phi) is 4.75. The van der Waals surface area contributed by atoms with Gasteiger partial charge in [-0.15, -0.1) is 0 Å². The molecule has 2 rings (SSSR count). The van der Waals surface area contributed by atoms with Crippen LogP contribution in [0.1, 0.15) is 33.3 Å². The minimum Gasteiger partial charge on any atom is -0.436 e. The van der Waals surface area contributed by atoms with Gasteiger partial charge >= 0.3 is 0 Å². The van der Waals surface area contributed by atoms with Gasteiger partial charge in [0, 0.05) is 19.0 Å². The lowest BCUT2D eigenvalue weighted by Gasteiger charge is -2.06. The minimum absolute atomic E-state index is 0.197. The molecular weight excluding hydrogens is 268 g/mol. The van der Waals surface area contributed by atoms with Gasteiger partial charge in [0.25, 0.3) is 5.91 Å². The number of nitrogens with one attached hydrogen (secondary N) is 1. The van der Waals surface area contributed by atoms with Crippen molar-refractivity contribution in [1.29, 1.82) is 0 Å². The quantitative estimate of drug-likeness (QED) is 0.839. The largest absolute Gasteiger partial charge is 0.436 e. The van der Waals surface area contributed by atoms with Crippen molar-refractivity contribution in [2.45, 2.75) is 20.4 Å². The predicted molar refractivity (Wildman–Crippen MR) is 77.6 cm³/mol. The van der Waals surface area contributed by atoms with Crippen LogP contribution in [-0.4, -0.2) is 22.6 Å². The second-order valence-electron chi connectivity index (χ2n) is 4.45. The number of aryl methyl sites for hydroxylation is 2. The molecule has 108 valence electrons. The van der Waals surface area contributed by atoms with Crippen LogP contribution < -0.4 is 5.32 Å². The number of benzene rings is 1. The van der Waals surface area contributed by atoms with Crippen LogP contribution in [0.5, 0.6) is 0 Å². The molecule has 0 radical (unpaired) electrons. The number of amides is 1. The summed E-state index contributed by atoms with van der Waals surface area (Å²) in [5.74, 6) is 5.84. The van der Waals surface area contributed by atoms with E-state index in [2.05, 4.69) is 22.1 Å². The highest BCUT2D eigenvalue weighted by Gasteiger charge is 2.15. The molecule has 0 saturated heterocycles. The van der Waals surface area contributed by atoms with E-state index in [0.29, 0.717) is 18.1 Å². The molecule has 0 aliphatic rings. The molecule has 1 heterocycles. The topological polar surface area (TPSA) is 75.4 Å². The maximum Gasteiger partial charge on any atom is 0.289 e. The Morgan fingerprint density at radius 3 is 2.81 bits per heavy atom. The number of hydrogen-bond donors (Lipinski definition) is 2. The summed E-state index contributed by atoms with van der Waals surface area (Å²) in [7, 11) is 0. The molecule has 0 spiro atoms. The van der Waals surface area contributed by atoms with Gasteiger partial charge in [-0.3, -0.25) is 4.79 Å². The van der Waals surface area contributed by atoms with Crippen LogP contribution in [0, 0.1) is 25.7 Å². The molecule has 5 heteroatoms. The predicted octanol–water partition coefficient (Wildman–Crippen LogP) is 1.57. The van der Waals surface area contributed by atoms with Crippen molar-refractivity contribution in [2.24, 2.45) is 0 Å². The van der Waals surface area contributed by atoms with Crippen molar-refractivity contribution < 1.29 is 14.3 Å². The smallest absolute Gasteiger partial charge is 0.289 e. The van der Waals surface area contributed by atoms with Gasteiger partial charge in [0.05, 0.1) is 5.69 Å².